The molecule has 2 N–H and O–H groups in total. The molecule has 2 rings (SSSR count). The van der Waals surface area contributed by atoms with E-state index < -0.39 is 12.2 Å². The average Bonchev–Trinajstić information content (AvgIpc) is 2.49. The topological polar surface area (TPSA) is 70.4 Å². The maximum absolute atomic E-state index is 11.9. The third kappa shape index (κ3) is 3.98. The van der Waals surface area contributed by atoms with E-state index in [0.29, 0.717) is 11.1 Å². The Hall–Kier alpha value is -2.04. The Morgan fingerprint density at radius 3 is 2.15 bits per heavy atom. The van der Waals surface area contributed by atoms with E-state index in [1.165, 1.54) is 6.20 Å². The number of ketones is 1. The largest absolute Gasteiger partial charge is 0.388 e. The number of aromatic nitrogens is 1. The lowest BCUT2D eigenvalue weighted by Crippen LogP contribution is -2.11. The van der Waals surface area contributed by atoms with Crippen molar-refractivity contribution in [2.75, 3.05) is 0 Å². The highest BCUT2D eigenvalue weighted by molar-refractivity contribution is 5.79. The summed E-state index contributed by atoms with van der Waals surface area (Å²) in [6.45, 7) is 0. The second-order valence-corrected chi connectivity index (χ2v) is 4.68. The van der Waals surface area contributed by atoms with Crippen molar-refractivity contribution in [3.8, 4) is 0 Å². The molecule has 1 heterocycles. The van der Waals surface area contributed by atoms with Crippen molar-refractivity contribution in [1.29, 1.82) is 0 Å². The first-order valence-corrected chi connectivity index (χ1v) is 6.49. The number of hydrogen-bond acceptors (Lipinski definition) is 4. The fourth-order valence-corrected chi connectivity index (χ4v) is 2.00. The molecule has 0 bridgehead atoms. The molecule has 2 aromatic rings. The molecule has 20 heavy (non-hydrogen) atoms. The number of Topliss-reactive ketones (excluding diaryl/α,β-unsaturated/α-hetero) is 1. The Balaban J connectivity index is 1.90. The van der Waals surface area contributed by atoms with Crippen LogP contribution in [-0.4, -0.2) is 21.0 Å². The van der Waals surface area contributed by atoms with Crippen LogP contribution >= 0.6 is 0 Å². The van der Waals surface area contributed by atoms with Crippen LogP contribution in [0.3, 0.4) is 0 Å². The summed E-state index contributed by atoms with van der Waals surface area (Å²) in [4.78, 5) is 15.8. The van der Waals surface area contributed by atoms with Crippen LogP contribution in [0.2, 0.25) is 0 Å². The van der Waals surface area contributed by atoms with Gasteiger partial charge in [0.25, 0.3) is 0 Å². The highest BCUT2D eigenvalue weighted by Crippen LogP contribution is 2.21. The third-order valence-electron chi connectivity index (χ3n) is 3.10. The summed E-state index contributed by atoms with van der Waals surface area (Å²) < 4.78 is 0. The van der Waals surface area contributed by atoms with Crippen LogP contribution < -0.4 is 0 Å². The molecule has 0 aliphatic rings. The van der Waals surface area contributed by atoms with Gasteiger partial charge in [0.15, 0.2) is 0 Å². The second-order valence-electron chi connectivity index (χ2n) is 4.68. The van der Waals surface area contributed by atoms with Gasteiger partial charge >= 0.3 is 0 Å². The van der Waals surface area contributed by atoms with Crippen LogP contribution in [0.25, 0.3) is 0 Å². The molecular weight excluding hydrogens is 254 g/mol. The van der Waals surface area contributed by atoms with Crippen LogP contribution in [0.15, 0.2) is 54.9 Å². The molecular formula is C16H17NO3. The molecule has 0 spiro atoms. The van der Waals surface area contributed by atoms with Crippen molar-refractivity contribution < 1.29 is 15.0 Å². The molecule has 0 amide bonds. The fraction of sp³-hybridized carbons (Fsp3) is 0.250. The van der Waals surface area contributed by atoms with Gasteiger partial charge in [-0.25, -0.2) is 0 Å². The SMILES string of the molecule is O=C(CC(O)c1ccccc1)CC(O)c1cccnc1. The maximum Gasteiger partial charge on any atom is 0.138 e. The Morgan fingerprint density at radius 1 is 0.950 bits per heavy atom. The normalized spacial score (nSPS) is 13.7. The number of aliphatic hydroxyl groups is 2. The molecule has 1 aromatic carbocycles. The number of rotatable bonds is 6. The van der Waals surface area contributed by atoms with Gasteiger partial charge in [-0.05, 0) is 17.2 Å². The molecule has 1 aromatic heterocycles. The number of aliphatic hydroxyl groups excluding tert-OH is 2. The molecule has 104 valence electrons. The van der Waals surface area contributed by atoms with E-state index in [1.54, 1.807) is 30.5 Å². The van der Waals surface area contributed by atoms with E-state index in [-0.39, 0.29) is 18.6 Å². The van der Waals surface area contributed by atoms with Gasteiger partial charge in [0.05, 0.1) is 12.2 Å². The minimum Gasteiger partial charge on any atom is -0.388 e. The fourth-order valence-electron chi connectivity index (χ4n) is 2.00. The van der Waals surface area contributed by atoms with Gasteiger partial charge < -0.3 is 10.2 Å². The van der Waals surface area contributed by atoms with Gasteiger partial charge in [-0.15, -0.1) is 0 Å². The molecule has 0 aliphatic carbocycles. The van der Waals surface area contributed by atoms with Gasteiger partial charge in [-0.2, -0.15) is 0 Å². The van der Waals surface area contributed by atoms with E-state index in [0.717, 1.165) is 0 Å². The molecule has 2 atom stereocenters. The summed E-state index contributed by atoms with van der Waals surface area (Å²) in [7, 11) is 0. The highest BCUT2D eigenvalue weighted by Gasteiger charge is 2.17. The molecule has 0 aliphatic heterocycles. The summed E-state index contributed by atoms with van der Waals surface area (Å²) in [6, 6.07) is 12.5. The molecule has 0 saturated heterocycles. The number of pyridine rings is 1. The van der Waals surface area contributed by atoms with Crippen LogP contribution in [0.4, 0.5) is 0 Å². The molecule has 0 radical (unpaired) electrons. The van der Waals surface area contributed by atoms with Crippen molar-refractivity contribution in [1.82, 2.24) is 4.98 Å². The molecule has 0 saturated carbocycles. The molecule has 4 heteroatoms. The van der Waals surface area contributed by atoms with E-state index in [4.69, 9.17) is 0 Å². The van der Waals surface area contributed by atoms with E-state index in [1.807, 2.05) is 18.2 Å². The first-order chi connectivity index (χ1) is 9.66. The number of nitrogens with zero attached hydrogens (tertiary/aromatic N) is 1. The number of hydrogen-bond donors (Lipinski definition) is 2. The first-order valence-electron chi connectivity index (χ1n) is 6.49. The van der Waals surface area contributed by atoms with Crippen molar-refractivity contribution in [3.63, 3.8) is 0 Å². The van der Waals surface area contributed by atoms with Gasteiger partial charge in [0, 0.05) is 25.2 Å². The lowest BCUT2D eigenvalue weighted by Gasteiger charge is -2.13. The van der Waals surface area contributed by atoms with Gasteiger partial charge in [-0.3, -0.25) is 9.78 Å². The number of carbonyl (C=O) groups excluding carboxylic acids is 1. The first kappa shape index (κ1) is 14.4. The van der Waals surface area contributed by atoms with Crippen molar-refractivity contribution in [2.24, 2.45) is 0 Å². The Bertz CT molecular complexity index is 493. The van der Waals surface area contributed by atoms with E-state index in [2.05, 4.69) is 4.98 Å². The zero-order chi connectivity index (χ0) is 14.4. The summed E-state index contributed by atoms with van der Waals surface area (Å²) in [6.07, 6.45) is 1.42. The van der Waals surface area contributed by atoms with Gasteiger partial charge in [0.1, 0.15) is 5.78 Å². The summed E-state index contributed by atoms with van der Waals surface area (Å²) >= 11 is 0. The zero-order valence-corrected chi connectivity index (χ0v) is 11.0. The third-order valence-corrected chi connectivity index (χ3v) is 3.10. The van der Waals surface area contributed by atoms with Crippen molar-refractivity contribution in [2.45, 2.75) is 25.0 Å². The smallest absolute Gasteiger partial charge is 0.138 e. The predicted octanol–water partition coefficient (Wildman–Crippen LogP) is 2.20. The van der Waals surface area contributed by atoms with Crippen LogP contribution in [0.5, 0.6) is 0 Å². The summed E-state index contributed by atoms with van der Waals surface area (Å²) in [5.41, 5.74) is 1.31. The standard InChI is InChI=1S/C16H17NO3/c18-14(9-15(19)12-5-2-1-3-6-12)10-16(20)13-7-4-8-17-11-13/h1-8,11,15-16,19-20H,9-10H2. The number of benzene rings is 1. The van der Waals surface area contributed by atoms with E-state index >= 15 is 0 Å². The maximum atomic E-state index is 11.9. The summed E-state index contributed by atoms with van der Waals surface area (Å²) in [5, 5.41) is 19.9. The molecule has 0 fully saturated rings. The zero-order valence-electron chi connectivity index (χ0n) is 11.0. The lowest BCUT2D eigenvalue weighted by atomic mass is 9.99. The Morgan fingerprint density at radius 2 is 1.55 bits per heavy atom. The van der Waals surface area contributed by atoms with Gasteiger partial charge in [-0.1, -0.05) is 36.4 Å². The minimum atomic E-state index is -0.876. The quantitative estimate of drug-likeness (QED) is 0.845. The summed E-state index contributed by atoms with van der Waals surface area (Å²) in [5.74, 6) is -0.183. The number of carbonyl (C=O) groups is 1. The van der Waals surface area contributed by atoms with Crippen molar-refractivity contribution in [3.05, 3.63) is 66.0 Å². The average molecular weight is 271 g/mol. The second kappa shape index (κ2) is 6.93. The minimum absolute atomic E-state index is 0.00132. The Labute approximate surface area is 117 Å². The lowest BCUT2D eigenvalue weighted by molar-refractivity contribution is -0.123. The van der Waals surface area contributed by atoms with Crippen LogP contribution in [-0.2, 0) is 4.79 Å². The highest BCUT2D eigenvalue weighted by atomic mass is 16.3. The van der Waals surface area contributed by atoms with Crippen LogP contribution in [0.1, 0.15) is 36.2 Å². The molecule has 4 nitrogen and oxygen atoms in total. The van der Waals surface area contributed by atoms with Crippen LogP contribution in [0, 0.1) is 0 Å². The monoisotopic (exact) mass is 271 g/mol. The van der Waals surface area contributed by atoms with Gasteiger partial charge in [0.2, 0.25) is 0 Å². The molecule has 2 unspecified atom stereocenters. The van der Waals surface area contributed by atoms with E-state index in [9.17, 15) is 15.0 Å². The Kier molecular flexibility index (Phi) is 4.98. The predicted molar refractivity (Wildman–Crippen MR) is 74.8 cm³/mol. The van der Waals surface area contributed by atoms with Crippen molar-refractivity contribution >= 4 is 5.78 Å².